The Morgan fingerprint density at radius 3 is 2.36 bits per heavy atom. The monoisotopic (exact) mass is 208 g/mol. The van der Waals surface area contributed by atoms with Crippen molar-refractivity contribution < 1.29 is 4.43 Å². The fourth-order valence-electron chi connectivity index (χ4n) is 1.68. The molecule has 1 nitrogen and oxygen atoms in total. The van der Waals surface area contributed by atoms with Gasteiger partial charge in [-0.15, -0.1) is 0 Å². The van der Waals surface area contributed by atoms with Gasteiger partial charge < -0.3 is 4.43 Å². The molecule has 1 atom stereocenters. The molecule has 0 aromatic heterocycles. The van der Waals surface area contributed by atoms with Crippen molar-refractivity contribution >= 4 is 9.04 Å². The summed E-state index contributed by atoms with van der Waals surface area (Å²) in [5.41, 5.74) is 2.17. The van der Waals surface area contributed by atoms with E-state index >= 15 is 0 Å². The molecule has 14 heavy (non-hydrogen) atoms. The average molecular weight is 208 g/mol. The molecule has 0 amide bonds. The van der Waals surface area contributed by atoms with Crippen molar-refractivity contribution in [2.24, 2.45) is 0 Å². The van der Waals surface area contributed by atoms with Crippen LogP contribution in [0, 0.1) is 0 Å². The van der Waals surface area contributed by atoms with E-state index in [0.29, 0.717) is 0 Å². The minimum atomic E-state index is -0.956. The summed E-state index contributed by atoms with van der Waals surface area (Å²) >= 11 is 0. The van der Waals surface area contributed by atoms with E-state index in [2.05, 4.69) is 44.2 Å². The molecule has 0 spiro atoms. The molecular weight excluding hydrogens is 188 g/mol. The molecular formula is C12H20OSi. The number of hydrogen-bond donors (Lipinski definition) is 0. The van der Waals surface area contributed by atoms with Crippen molar-refractivity contribution in [1.82, 2.24) is 0 Å². The van der Waals surface area contributed by atoms with E-state index in [-0.39, 0.29) is 0 Å². The molecule has 0 aliphatic carbocycles. The van der Waals surface area contributed by atoms with E-state index in [9.17, 15) is 0 Å². The van der Waals surface area contributed by atoms with Crippen molar-refractivity contribution in [1.29, 1.82) is 0 Å². The number of rotatable bonds is 5. The second kappa shape index (κ2) is 5.99. The second-order valence-corrected chi connectivity index (χ2v) is 7.50. The third-order valence-electron chi connectivity index (χ3n) is 2.61. The fourth-order valence-corrected chi connectivity index (χ4v) is 3.74. The van der Waals surface area contributed by atoms with Gasteiger partial charge in [0.1, 0.15) is 0 Å². The van der Waals surface area contributed by atoms with E-state index in [4.69, 9.17) is 4.43 Å². The molecule has 78 valence electrons. The summed E-state index contributed by atoms with van der Waals surface area (Å²) in [6, 6.07) is 11.9. The maximum absolute atomic E-state index is 5.57. The summed E-state index contributed by atoms with van der Waals surface area (Å²) in [5, 5.41) is 0. The van der Waals surface area contributed by atoms with E-state index in [1.165, 1.54) is 18.0 Å². The number of hydrogen-bond acceptors (Lipinski definition) is 1. The maximum Gasteiger partial charge on any atom is 0.179 e. The first-order chi connectivity index (χ1) is 6.74. The van der Waals surface area contributed by atoms with Crippen LogP contribution in [0.1, 0.15) is 19.4 Å². The maximum atomic E-state index is 5.57. The standard InChI is InChI=1S/C12H20OSi/c1-11(2)14(13-3)10-9-12-7-5-4-6-8-12/h4-8,11,14H,9-10H2,1-3H3. The molecule has 1 aromatic rings. The van der Waals surface area contributed by atoms with Crippen molar-refractivity contribution in [3.8, 4) is 0 Å². The average Bonchev–Trinajstić information content (AvgIpc) is 2.20. The van der Waals surface area contributed by atoms with Crippen LogP contribution >= 0.6 is 0 Å². The smallest absolute Gasteiger partial charge is 0.179 e. The Kier molecular flexibility index (Phi) is 4.91. The highest BCUT2D eigenvalue weighted by atomic mass is 28.3. The van der Waals surface area contributed by atoms with Crippen molar-refractivity contribution in [3.63, 3.8) is 0 Å². The Balaban J connectivity index is 2.40. The van der Waals surface area contributed by atoms with Gasteiger partial charge in [-0.05, 0) is 23.6 Å². The van der Waals surface area contributed by atoms with Gasteiger partial charge in [0.05, 0.1) is 0 Å². The molecule has 1 aromatic carbocycles. The molecule has 0 fully saturated rings. The zero-order valence-corrected chi connectivity index (χ0v) is 10.5. The van der Waals surface area contributed by atoms with E-state index in [1.54, 1.807) is 0 Å². The van der Waals surface area contributed by atoms with Crippen LogP contribution in [-0.4, -0.2) is 16.2 Å². The molecule has 1 rings (SSSR count). The minimum Gasteiger partial charge on any atom is -0.423 e. The van der Waals surface area contributed by atoms with E-state index in [0.717, 1.165) is 5.54 Å². The predicted octanol–water partition coefficient (Wildman–Crippen LogP) is 3.01. The van der Waals surface area contributed by atoms with Crippen LogP contribution in [0.25, 0.3) is 0 Å². The Morgan fingerprint density at radius 1 is 1.21 bits per heavy atom. The highest BCUT2D eigenvalue weighted by Gasteiger charge is 2.14. The zero-order chi connectivity index (χ0) is 10.4. The summed E-state index contributed by atoms with van der Waals surface area (Å²) in [4.78, 5) is 0. The molecule has 0 radical (unpaired) electrons. The van der Waals surface area contributed by atoms with Crippen molar-refractivity contribution in [3.05, 3.63) is 35.9 Å². The topological polar surface area (TPSA) is 9.23 Å². The van der Waals surface area contributed by atoms with Gasteiger partial charge in [-0.2, -0.15) is 0 Å². The van der Waals surface area contributed by atoms with Crippen molar-refractivity contribution in [2.75, 3.05) is 7.11 Å². The minimum absolute atomic E-state index is 0.740. The van der Waals surface area contributed by atoms with Gasteiger partial charge >= 0.3 is 0 Å². The van der Waals surface area contributed by atoms with Gasteiger partial charge in [-0.3, -0.25) is 0 Å². The first-order valence-electron chi connectivity index (χ1n) is 5.30. The van der Waals surface area contributed by atoms with Gasteiger partial charge in [-0.25, -0.2) is 0 Å². The van der Waals surface area contributed by atoms with E-state index in [1.807, 2.05) is 7.11 Å². The van der Waals surface area contributed by atoms with Gasteiger partial charge in [-0.1, -0.05) is 44.2 Å². The summed E-state index contributed by atoms with van der Waals surface area (Å²) in [6.45, 7) is 4.54. The fraction of sp³-hybridized carbons (Fsp3) is 0.500. The molecule has 0 N–H and O–H groups in total. The van der Waals surface area contributed by atoms with Crippen LogP contribution in [-0.2, 0) is 10.8 Å². The molecule has 0 saturated carbocycles. The Labute approximate surface area is 88.8 Å². The third kappa shape index (κ3) is 3.64. The lowest BCUT2D eigenvalue weighted by Gasteiger charge is -2.16. The second-order valence-electron chi connectivity index (χ2n) is 4.04. The highest BCUT2D eigenvalue weighted by molar-refractivity contribution is 6.53. The molecule has 0 saturated heterocycles. The lowest BCUT2D eigenvalue weighted by atomic mass is 10.2. The van der Waals surface area contributed by atoms with Gasteiger partial charge in [0.25, 0.3) is 0 Å². The Bertz CT molecular complexity index is 246. The summed E-state index contributed by atoms with van der Waals surface area (Å²) in [6.07, 6.45) is 1.17. The SMILES string of the molecule is CO[SiH](CCc1ccccc1)C(C)C. The van der Waals surface area contributed by atoms with Gasteiger partial charge in [0.15, 0.2) is 9.04 Å². The summed E-state index contributed by atoms with van der Waals surface area (Å²) in [5.74, 6) is 0. The molecule has 2 heteroatoms. The van der Waals surface area contributed by atoms with Crippen LogP contribution in [0.15, 0.2) is 30.3 Å². The van der Waals surface area contributed by atoms with Crippen LogP contribution in [0.5, 0.6) is 0 Å². The molecule has 0 aliphatic rings. The quantitative estimate of drug-likeness (QED) is 0.676. The molecule has 0 aliphatic heterocycles. The van der Waals surface area contributed by atoms with Crippen LogP contribution in [0.2, 0.25) is 11.6 Å². The number of benzene rings is 1. The zero-order valence-electron chi connectivity index (χ0n) is 9.36. The summed E-state index contributed by atoms with van der Waals surface area (Å²) < 4.78 is 5.57. The van der Waals surface area contributed by atoms with E-state index < -0.39 is 9.04 Å². The Hall–Kier alpha value is -0.603. The largest absolute Gasteiger partial charge is 0.423 e. The highest BCUT2D eigenvalue weighted by Crippen LogP contribution is 2.15. The lowest BCUT2D eigenvalue weighted by Crippen LogP contribution is -2.20. The Morgan fingerprint density at radius 2 is 1.86 bits per heavy atom. The molecule has 0 heterocycles. The van der Waals surface area contributed by atoms with Gasteiger partial charge in [0.2, 0.25) is 0 Å². The van der Waals surface area contributed by atoms with Crippen molar-refractivity contribution in [2.45, 2.75) is 31.9 Å². The first kappa shape index (κ1) is 11.5. The number of aryl methyl sites for hydroxylation is 1. The predicted molar refractivity (Wildman–Crippen MR) is 64.2 cm³/mol. The molecule has 1 unspecified atom stereocenters. The summed E-state index contributed by atoms with van der Waals surface area (Å²) in [7, 11) is 0.907. The lowest BCUT2D eigenvalue weighted by molar-refractivity contribution is 0.409. The molecule has 0 bridgehead atoms. The van der Waals surface area contributed by atoms with Crippen LogP contribution in [0.3, 0.4) is 0 Å². The van der Waals surface area contributed by atoms with Crippen LogP contribution in [0.4, 0.5) is 0 Å². The van der Waals surface area contributed by atoms with Gasteiger partial charge in [0, 0.05) is 7.11 Å². The first-order valence-corrected chi connectivity index (χ1v) is 7.26. The van der Waals surface area contributed by atoms with Crippen LogP contribution < -0.4 is 0 Å². The third-order valence-corrected chi connectivity index (χ3v) is 5.56. The normalized spacial score (nSPS) is 13.1.